The van der Waals surface area contributed by atoms with Gasteiger partial charge in [0.1, 0.15) is 11.0 Å². The Morgan fingerprint density at radius 1 is 1.03 bits per heavy atom. The molecule has 33 heavy (non-hydrogen) atoms. The summed E-state index contributed by atoms with van der Waals surface area (Å²) in [6.45, 7) is 4.60. The number of halogens is 1. The van der Waals surface area contributed by atoms with Crippen LogP contribution in [0.5, 0.6) is 0 Å². The molecule has 9 heteroatoms. The van der Waals surface area contributed by atoms with Gasteiger partial charge in [0.15, 0.2) is 10.9 Å². The third-order valence-electron chi connectivity index (χ3n) is 6.51. The first-order valence-corrected chi connectivity index (χ1v) is 13.1. The second-order valence-corrected chi connectivity index (χ2v) is 10.1. The number of anilines is 1. The summed E-state index contributed by atoms with van der Waals surface area (Å²) in [6.07, 6.45) is 5.08. The van der Waals surface area contributed by atoms with Gasteiger partial charge in [-0.2, -0.15) is 0 Å². The van der Waals surface area contributed by atoms with Crippen molar-refractivity contribution in [2.75, 3.05) is 44.3 Å². The van der Waals surface area contributed by atoms with Gasteiger partial charge in [-0.25, -0.2) is 9.97 Å². The molecule has 1 aromatic heterocycles. The van der Waals surface area contributed by atoms with E-state index in [1.54, 1.807) is 11.8 Å². The Hall–Kier alpha value is -1.87. The Labute approximate surface area is 203 Å². The summed E-state index contributed by atoms with van der Waals surface area (Å²) in [5.41, 5.74) is 1.77. The summed E-state index contributed by atoms with van der Waals surface area (Å²) in [5, 5.41) is 1.13. The van der Waals surface area contributed by atoms with Crippen LogP contribution in [-0.2, 0) is 15.2 Å². The van der Waals surface area contributed by atoms with E-state index in [0.717, 1.165) is 37.3 Å². The van der Waals surface area contributed by atoms with Crippen molar-refractivity contribution in [3.05, 3.63) is 46.6 Å². The first-order valence-electron chi connectivity index (χ1n) is 11.7. The molecule has 1 spiro atoms. The summed E-state index contributed by atoms with van der Waals surface area (Å²) in [4.78, 5) is 26.4. The second kappa shape index (κ2) is 10.2. The number of benzene rings is 1. The normalized spacial score (nSPS) is 20.4. The molecule has 3 saturated heterocycles. The number of carbonyl (C=O) groups is 1. The van der Waals surface area contributed by atoms with Crippen LogP contribution in [0, 0.1) is 0 Å². The third kappa shape index (κ3) is 5.45. The Morgan fingerprint density at radius 3 is 2.55 bits per heavy atom. The van der Waals surface area contributed by atoms with Crippen molar-refractivity contribution in [1.82, 2.24) is 14.9 Å². The highest BCUT2D eigenvalue weighted by Crippen LogP contribution is 2.32. The van der Waals surface area contributed by atoms with Crippen molar-refractivity contribution in [2.24, 2.45) is 0 Å². The number of ether oxygens (including phenoxy) is 2. The molecule has 0 saturated carbocycles. The molecule has 5 rings (SSSR count). The predicted octanol–water partition coefficient (Wildman–Crippen LogP) is 4.39. The van der Waals surface area contributed by atoms with Crippen LogP contribution in [0.4, 0.5) is 5.82 Å². The van der Waals surface area contributed by atoms with Crippen LogP contribution in [0.1, 0.15) is 48.0 Å². The average molecular weight is 489 g/mol. The molecule has 3 fully saturated rings. The van der Waals surface area contributed by atoms with Crippen LogP contribution < -0.4 is 4.90 Å². The van der Waals surface area contributed by atoms with Crippen LogP contribution in [-0.4, -0.2) is 66.0 Å². The Balaban J connectivity index is 1.21. The van der Waals surface area contributed by atoms with Gasteiger partial charge in [0, 0.05) is 56.4 Å². The highest BCUT2D eigenvalue weighted by Gasteiger charge is 2.40. The van der Waals surface area contributed by atoms with E-state index in [1.165, 1.54) is 19.3 Å². The third-order valence-corrected chi connectivity index (χ3v) is 7.62. The number of rotatable bonds is 5. The second-order valence-electron chi connectivity index (χ2n) is 8.77. The van der Waals surface area contributed by atoms with Gasteiger partial charge in [-0.1, -0.05) is 35.5 Å². The zero-order valence-electron chi connectivity index (χ0n) is 18.7. The van der Waals surface area contributed by atoms with Crippen molar-refractivity contribution in [3.63, 3.8) is 0 Å². The number of carbonyl (C=O) groups excluding carboxylic acids is 1. The Morgan fingerprint density at radius 2 is 1.79 bits per heavy atom. The minimum atomic E-state index is -0.473. The molecule has 0 atom stereocenters. The van der Waals surface area contributed by atoms with Crippen LogP contribution in [0.2, 0.25) is 5.15 Å². The van der Waals surface area contributed by atoms with E-state index in [4.69, 9.17) is 26.1 Å². The van der Waals surface area contributed by atoms with Crippen molar-refractivity contribution >= 4 is 35.1 Å². The Bertz CT molecular complexity index is 985. The van der Waals surface area contributed by atoms with Gasteiger partial charge in [0.2, 0.25) is 0 Å². The van der Waals surface area contributed by atoms with E-state index < -0.39 is 5.79 Å². The fraction of sp³-hybridized carbons (Fsp3) is 0.542. The summed E-state index contributed by atoms with van der Waals surface area (Å²) < 4.78 is 11.6. The molecule has 4 heterocycles. The van der Waals surface area contributed by atoms with Crippen molar-refractivity contribution in [3.8, 4) is 0 Å². The standard InChI is InChI=1S/C24H29ClN4O3S/c25-20-16-21(28-9-2-1-3-10-28)27-23(26-20)33-17-18-5-4-6-19(15-18)22(30)29-11-7-24(8-12-29)31-13-14-32-24/h4-6,15-16H,1-3,7-14,17H2. The van der Waals surface area contributed by atoms with Gasteiger partial charge in [-0.05, 0) is 37.0 Å². The van der Waals surface area contributed by atoms with E-state index in [0.29, 0.717) is 47.9 Å². The Kier molecular flexibility index (Phi) is 7.06. The maximum atomic E-state index is 13.1. The number of piperidine rings is 2. The molecule has 176 valence electrons. The highest BCUT2D eigenvalue weighted by atomic mass is 35.5. The molecule has 1 aromatic carbocycles. The average Bonchev–Trinajstić information content (AvgIpc) is 3.31. The fourth-order valence-electron chi connectivity index (χ4n) is 4.70. The fourth-order valence-corrected chi connectivity index (χ4v) is 5.72. The SMILES string of the molecule is O=C(c1cccc(CSc2nc(Cl)cc(N3CCCCC3)n2)c1)N1CCC2(CC1)OCCO2. The lowest BCUT2D eigenvalue weighted by Gasteiger charge is -2.37. The van der Waals surface area contributed by atoms with Crippen LogP contribution in [0.15, 0.2) is 35.5 Å². The molecule has 3 aliphatic heterocycles. The number of aromatic nitrogens is 2. The van der Waals surface area contributed by atoms with Gasteiger partial charge in [-0.3, -0.25) is 4.79 Å². The number of amides is 1. The molecule has 0 bridgehead atoms. The zero-order chi connectivity index (χ0) is 22.7. The lowest BCUT2D eigenvalue weighted by Crippen LogP contribution is -2.47. The number of hydrogen-bond donors (Lipinski definition) is 0. The van der Waals surface area contributed by atoms with Gasteiger partial charge in [0.25, 0.3) is 5.91 Å². The zero-order valence-corrected chi connectivity index (χ0v) is 20.2. The predicted molar refractivity (Wildman–Crippen MR) is 129 cm³/mol. The highest BCUT2D eigenvalue weighted by molar-refractivity contribution is 7.98. The quantitative estimate of drug-likeness (QED) is 0.351. The molecule has 7 nitrogen and oxygen atoms in total. The maximum Gasteiger partial charge on any atom is 0.253 e. The van der Waals surface area contributed by atoms with E-state index in [2.05, 4.69) is 9.88 Å². The van der Waals surface area contributed by atoms with Crippen molar-refractivity contribution < 1.29 is 14.3 Å². The first-order chi connectivity index (χ1) is 16.1. The molecular formula is C24H29ClN4O3S. The van der Waals surface area contributed by atoms with Crippen LogP contribution in [0.3, 0.4) is 0 Å². The first kappa shape index (κ1) is 22.9. The molecule has 0 aliphatic carbocycles. The summed E-state index contributed by atoms with van der Waals surface area (Å²) in [7, 11) is 0. The van der Waals surface area contributed by atoms with E-state index in [1.807, 2.05) is 35.2 Å². The number of thioether (sulfide) groups is 1. The maximum absolute atomic E-state index is 13.1. The number of likely N-dealkylation sites (tertiary alicyclic amines) is 1. The van der Waals surface area contributed by atoms with E-state index in [9.17, 15) is 4.79 Å². The summed E-state index contributed by atoms with van der Waals surface area (Å²) in [6, 6.07) is 9.67. The smallest absolute Gasteiger partial charge is 0.253 e. The lowest BCUT2D eigenvalue weighted by molar-refractivity contribution is -0.181. The molecule has 2 aromatic rings. The molecular weight excluding hydrogens is 460 g/mol. The van der Waals surface area contributed by atoms with Gasteiger partial charge < -0.3 is 19.3 Å². The van der Waals surface area contributed by atoms with Gasteiger partial charge >= 0.3 is 0 Å². The summed E-state index contributed by atoms with van der Waals surface area (Å²) >= 11 is 7.83. The van der Waals surface area contributed by atoms with Gasteiger partial charge in [0.05, 0.1) is 13.2 Å². The van der Waals surface area contributed by atoms with Crippen molar-refractivity contribution in [2.45, 2.75) is 48.8 Å². The van der Waals surface area contributed by atoms with E-state index in [-0.39, 0.29) is 5.91 Å². The largest absolute Gasteiger partial charge is 0.356 e. The van der Waals surface area contributed by atoms with Crippen LogP contribution >= 0.6 is 23.4 Å². The number of hydrogen-bond acceptors (Lipinski definition) is 7. The number of nitrogens with zero attached hydrogens (tertiary/aromatic N) is 4. The topological polar surface area (TPSA) is 67.8 Å². The minimum Gasteiger partial charge on any atom is -0.356 e. The minimum absolute atomic E-state index is 0.0566. The molecule has 0 unspecified atom stereocenters. The van der Waals surface area contributed by atoms with E-state index >= 15 is 0 Å². The molecule has 3 aliphatic rings. The molecule has 0 N–H and O–H groups in total. The molecule has 1 amide bonds. The van der Waals surface area contributed by atoms with Crippen molar-refractivity contribution in [1.29, 1.82) is 0 Å². The van der Waals surface area contributed by atoms with Gasteiger partial charge in [-0.15, -0.1) is 0 Å². The summed E-state index contributed by atoms with van der Waals surface area (Å²) in [5.74, 6) is 1.16. The van der Waals surface area contributed by atoms with Crippen LogP contribution in [0.25, 0.3) is 0 Å². The monoisotopic (exact) mass is 488 g/mol. The molecule has 0 radical (unpaired) electrons. The lowest BCUT2D eigenvalue weighted by atomic mass is 10.0.